The molecule has 0 saturated carbocycles. The molecule has 7 rings (SSSR count). The number of hydrogen-bond donors (Lipinski definition) is 1. The van der Waals surface area contributed by atoms with Gasteiger partial charge >= 0.3 is 0 Å². The largest absolute Gasteiger partial charge is 0.310 e. The van der Waals surface area contributed by atoms with Gasteiger partial charge in [-0.1, -0.05) is 140 Å². The van der Waals surface area contributed by atoms with Gasteiger partial charge in [-0.3, -0.25) is 5.43 Å². The van der Waals surface area contributed by atoms with Gasteiger partial charge in [0.25, 0.3) is 0 Å². The molecule has 0 radical (unpaired) electrons. The first-order valence-corrected chi connectivity index (χ1v) is 14.8. The molecule has 7 aromatic rings. The van der Waals surface area contributed by atoms with Crippen molar-refractivity contribution in [3.8, 4) is 11.1 Å². The van der Waals surface area contributed by atoms with Gasteiger partial charge in [0.15, 0.2) is 0 Å². The number of anilines is 4. The molecule has 0 aliphatic rings. The zero-order valence-corrected chi connectivity index (χ0v) is 24.2. The smallest absolute Gasteiger partial charge is 0.0977 e. The van der Waals surface area contributed by atoms with Crippen molar-refractivity contribution >= 4 is 39.2 Å². The van der Waals surface area contributed by atoms with Crippen molar-refractivity contribution in [3.63, 3.8) is 0 Å². The van der Waals surface area contributed by atoms with Gasteiger partial charge in [-0.25, -0.2) is 0 Å². The quantitative estimate of drug-likeness (QED) is 0.147. The fraction of sp³-hybridized carbons (Fsp3) is 0. The summed E-state index contributed by atoms with van der Waals surface area (Å²) in [7, 11) is 0. The Bertz CT molecular complexity index is 1950. The highest BCUT2D eigenvalue weighted by Gasteiger charge is 2.15. The summed E-state index contributed by atoms with van der Waals surface area (Å²) in [5.41, 5.74) is 12.9. The van der Waals surface area contributed by atoms with E-state index < -0.39 is 0 Å². The second-order valence-electron chi connectivity index (χ2n) is 10.6. The van der Waals surface area contributed by atoms with Crippen molar-refractivity contribution in [1.29, 1.82) is 0 Å². The van der Waals surface area contributed by atoms with E-state index in [2.05, 4.69) is 156 Å². The molecule has 0 aliphatic heterocycles. The van der Waals surface area contributed by atoms with Crippen LogP contribution in [0.3, 0.4) is 0 Å². The maximum Gasteiger partial charge on any atom is 0.0977 e. The van der Waals surface area contributed by atoms with Crippen LogP contribution in [0.2, 0.25) is 0 Å². The summed E-state index contributed by atoms with van der Waals surface area (Å²) in [5.74, 6) is 0. The van der Waals surface area contributed by atoms with E-state index in [-0.39, 0.29) is 0 Å². The van der Waals surface area contributed by atoms with Crippen LogP contribution < -0.4 is 10.3 Å². The first-order valence-electron chi connectivity index (χ1n) is 14.8. The van der Waals surface area contributed by atoms with Crippen molar-refractivity contribution in [2.75, 3.05) is 10.3 Å². The molecule has 0 unspecified atom stereocenters. The fourth-order valence-corrected chi connectivity index (χ4v) is 5.56. The Morgan fingerprint density at radius 3 is 1.57 bits per heavy atom. The number of para-hydroxylation sites is 1. The lowest BCUT2D eigenvalue weighted by Gasteiger charge is -2.27. The molecule has 3 nitrogen and oxygen atoms in total. The number of rotatable bonds is 8. The zero-order chi connectivity index (χ0) is 29.6. The lowest BCUT2D eigenvalue weighted by molar-refractivity contribution is 1.30. The van der Waals surface area contributed by atoms with Gasteiger partial charge in [-0.15, -0.1) is 0 Å². The van der Waals surface area contributed by atoms with E-state index in [9.17, 15) is 0 Å². The van der Waals surface area contributed by atoms with Crippen LogP contribution >= 0.6 is 0 Å². The molecule has 0 saturated heterocycles. The van der Waals surface area contributed by atoms with Crippen LogP contribution in [0, 0.1) is 0 Å². The van der Waals surface area contributed by atoms with Gasteiger partial charge in [-0.05, 0) is 59.0 Å². The minimum atomic E-state index is 0.903. The number of fused-ring (bicyclic) bond motifs is 1. The monoisotopic (exact) mass is 565 g/mol. The van der Waals surface area contributed by atoms with Crippen molar-refractivity contribution < 1.29 is 0 Å². The van der Waals surface area contributed by atoms with Gasteiger partial charge in [0, 0.05) is 27.9 Å². The molecule has 7 aromatic carbocycles. The average molecular weight is 566 g/mol. The van der Waals surface area contributed by atoms with E-state index in [0.717, 1.165) is 50.7 Å². The highest BCUT2D eigenvalue weighted by atomic mass is 15.3. The maximum atomic E-state index is 4.81. The number of nitrogens with one attached hydrogen (secondary N) is 1. The second kappa shape index (κ2) is 12.5. The summed E-state index contributed by atoms with van der Waals surface area (Å²) in [5, 5.41) is 7.25. The Morgan fingerprint density at radius 1 is 0.432 bits per heavy atom. The van der Waals surface area contributed by atoms with E-state index in [0.29, 0.717) is 0 Å². The summed E-state index contributed by atoms with van der Waals surface area (Å²) in [6, 6.07) is 63.3. The molecule has 0 amide bonds. The standard InChI is InChI=1S/C41H31N3/c1-4-14-34(15-5-1)41(35-16-6-2-7-17-35)43-42-36-27-23-31(24-28-36)32-25-29-38(30-26-32)44(37-19-8-3-9-20-37)40-22-12-18-33-13-10-11-21-39(33)40/h1-30,42H. The molecule has 0 spiro atoms. The minimum Gasteiger partial charge on any atom is -0.310 e. The predicted molar refractivity (Wildman–Crippen MR) is 186 cm³/mol. The number of hydrogen-bond acceptors (Lipinski definition) is 3. The summed E-state index contributed by atoms with van der Waals surface area (Å²) >= 11 is 0. The molecular weight excluding hydrogens is 534 g/mol. The molecule has 0 atom stereocenters. The Labute approximate surface area is 258 Å². The highest BCUT2D eigenvalue weighted by Crippen LogP contribution is 2.39. The third kappa shape index (κ3) is 5.72. The van der Waals surface area contributed by atoms with E-state index in [1.54, 1.807) is 0 Å². The molecule has 0 fully saturated rings. The number of benzene rings is 7. The third-order valence-corrected chi connectivity index (χ3v) is 7.76. The van der Waals surface area contributed by atoms with Crippen molar-refractivity contribution in [2.45, 2.75) is 0 Å². The fourth-order valence-electron chi connectivity index (χ4n) is 5.56. The Morgan fingerprint density at radius 2 is 0.932 bits per heavy atom. The molecule has 210 valence electrons. The number of hydrazone groups is 1. The van der Waals surface area contributed by atoms with Crippen LogP contribution in [-0.2, 0) is 0 Å². The second-order valence-corrected chi connectivity index (χ2v) is 10.6. The normalized spacial score (nSPS) is 10.7. The first kappa shape index (κ1) is 26.9. The number of nitrogens with zero attached hydrogens (tertiary/aromatic N) is 2. The van der Waals surface area contributed by atoms with Crippen LogP contribution in [0.5, 0.6) is 0 Å². The Hall–Kier alpha value is -5.93. The molecule has 1 N–H and O–H groups in total. The SMILES string of the molecule is c1ccc(C(=NNc2ccc(-c3ccc(N(c4ccccc4)c4cccc5ccccc45)cc3)cc2)c2ccccc2)cc1. The van der Waals surface area contributed by atoms with Gasteiger partial charge in [0.05, 0.1) is 17.1 Å². The van der Waals surface area contributed by atoms with E-state index in [4.69, 9.17) is 5.10 Å². The Balaban J connectivity index is 1.16. The molecule has 3 heteroatoms. The van der Waals surface area contributed by atoms with Crippen LogP contribution in [0.1, 0.15) is 11.1 Å². The topological polar surface area (TPSA) is 27.6 Å². The first-order chi connectivity index (χ1) is 21.8. The highest BCUT2D eigenvalue weighted by molar-refractivity contribution is 6.13. The average Bonchev–Trinajstić information content (AvgIpc) is 3.11. The van der Waals surface area contributed by atoms with Gasteiger partial charge in [0.1, 0.15) is 0 Å². The van der Waals surface area contributed by atoms with Crippen molar-refractivity contribution in [1.82, 2.24) is 0 Å². The molecular formula is C41H31N3. The predicted octanol–water partition coefficient (Wildman–Crippen LogP) is 10.8. The summed E-state index contributed by atoms with van der Waals surface area (Å²) < 4.78 is 0. The van der Waals surface area contributed by atoms with E-state index in [1.807, 2.05) is 36.4 Å². The molecule has 0 bridgehead atoms. The van der Waals surface area contributed by atoms with E-state index in [1.165, 1.54) is 10.8 Å². The van der Waals surface area contributed by atoms with Crippen LogP contribution in [0.4, 0.5) is 22.7 Å². The summed E-state index contributed by atoms with van der Waals surface area (Å²) in [6.45, 7) is 0. The minimum absolute atomic E-state index is 0.903. The van der Waals surface area contributed by atoms with Crippen LogP contribution in [0.25, 0.3) is 21.9 Å². The zero-order valence-electron chi connectivity index (χ0n) is 24.2. The lowest BCUT2D eigenvalue weighted by atomic mass is 10.0. The molecule has 0 heterocycles. The van der Waals surface area contributed by atoms with E-state index >= 15 is 0 Å². The van der Waals surface area contributed by atoms with Crippen LogP contribution in [-0.4, -0.2) is 5.71 Å². The summed E-state index contributed by atoms with van der Waals surface area (Å²) in [6.07, 6.45) is 0. The van der Waals surface area contributed by atoms with Crippen molar-refractivity contribution in [3.05, 3.63) is 193 Å². The third-order valence-electron chi connectivity index (χ3n) is 7.76. The van der Waals surface area contributed by atoms with Gasteiger partial charge in [-0.2, -0.15) is 5.10 Å². The molecule has 0 aliphatic carbocycles. The molecule has 44 heavy (non-hydrogen) atoms. The molecule has 0 aromatic heterocycles. The van der Waals surface area contributed by atoms with Crippen LogP contribution in [0.15, 0.2) is 187 Å². The van der Waals surface area contributed by atoms with Gasteiger partial charge in [0.2, 0.25) is 0 Å². The maximum absolute atomic E-state index is 4.81. The van der Waals surface area contributed by atoms with Crippen molar-refractivity contribution in [2.24, 2.45) is 5.10 Å². The Kier molecular flexibility index (Phi) is 7.66. The summed E-state index contributed by atoms with van der Waals surface area (Å²) in [4.78, 5) is 2.33. The van der Waals surface area contributed by atoms with Gasteiger partial charge < -0.3 is 4.90 Å². The lowest BCUT2D eigenvalue weighted by Crippen LogP contribution is -2.10.